The van der Waals surface area contributed by atoms with Gasteiger partial charge in [-0.3, -0.25) is 9.69 Å². The van der Waals surface area contributed by atoms with Crippen molar-refractivity contribution in [3.63, 3.8) is 0 Å². The lowest BCUT2D eigenvalue weighted by atomic mass is 10.1. The Morgan fingerprint density at radius 2 is 2.19 bits per heavy atom. The summed E-state index contributed by atoms with van der Waals surface area (Å²) in [7, 11) is 1.65. The van der Waals surface area contributed by atoms with Gasteiger partial charge in [0.25, 0.3) is 5.91 Å². The van der Waals surface area contributed by atoms with Crippen molar-refractivity contribution in [1.29, 1.82) is 0 Å². The number of carbonyl (C=O) groups is 2. The number of hydrogen-bond acceptors (Lipinski definition) is 3. The maximum absolute atomic E-state index is 12.2. The van der Waals surface area contributed by atoms with Gasteiger partial charge < -0.3 is 9.64 Å². The Morgan fingerprint density at radius 1 is 1.33 bits per heavy atom. The summed E-state index contributed by atoms with van der Waals surface area (Å²) in [6.07, 6.45) is 3.38. The van der Waals surface area contributed by atoms with Crippen molar-refractivity contribution in [2.45, 2.75) is 31.7 Å². The smallest absolute Gasteiger partial charge is 0.327 e. The molecular formula is C16H20N2O3. The van der Waals surface area contributed by atoms with Crippen LogP contribution >= 0.6 is 0 Å². The third kappa shape index (κ3) is 2.60. The van der Waals surface area contributed by atoms with E-state index >= 15 is 0 Å². The van der Waals surface area contributed by atoms with Gasteiger partial charge in [-0.15, -0.1) is 0 Å². The average molecular weight is 288 g/mol. The van der Waals surface area contributed by atoms with Crippen LogP contribution in [-0.4, -0.2) is 48.0 Å². The average Bonchev–Trinajstić information content (AvgIpc) is 3.07. The Balaban J connectivity index is 1.56. The third-order valence-electron chi connectivity index (χ3n) is 4.26. The van der Waals surface area contributed by atoms with Gasteiger partial charge >= 0.3 is 6.03 Å². The Labute approximate surface area is 124 Å². The maximum Gasteiger partial charge on any atom is 0.327 e. The van der Waals surface area contributed by atoms with Crippen LogP contribution in [0.1, 0.15) is 24.8 Å². The number of carbonyl (C=O) groups excluding carboxylic acids is 2. The van der Waals surface area contributed by atoms with E-state index in [1.54, 1.807) is 12.0 Å². The predicted molar refractivity (Wildman–Crippen MR) is 78.2 cm³/mol. The highest BCUT2D eigenvalue weighted by Gasteiger charge is 2.46. The summed E-state index contributed by atoms with van der Waals surface area (Å²) in [5.41, 5.74) is 1.16. The Morgan fingerprint density at radius 3 is 2.95 bits per heavy atom. The lowest BCUT2D eigenvalue weighted by Crippen LogP contribution is -2.34. The van der Waals surface area contributed by atoms with Crippen LogP contribution in [0.25, 0.3) is 0 Å². The number of hydrogen-bond donors (Lipinski definition) is 0. The van der Waals surface area contributed by atoms with E-state index in [-0.39, 0.29) is 18.0 Å². The van der Waals surface area contributed by atoms with Crippen LogP contribution in [0.15, 0.2) is 24.3 Å². The first-order valence-electron chi connectivity index (χ1n) is 7.45. The monoisotopic (exact) mass is 288 g/mol. The number of aryl methyl sites for hydroxylation is 1. The highest BCUT2D eigenvalue weighted by atomic mass is 16.5. The van der Waals surface area contributed by atoms with E-state index < -0.39 is 0 Å². The zero-order chi connectivity index (χ0) is 14.8. The van der Waals surface area contributed by atoms with Crippen LogP contribution < -0.4 is 4.74 Å². The largest absolute Gasteiger partial charge is 0.497 e. The van der Waals surface area contributed by atoms with Crippen LogP contribution in [0.5, 0.6) is 5.75 Å². The summed E-state index contributed by atoms with van der Waals surface area (Å²) in [6, 6.07) is 7.60. The van der Waals surface area contributed by atoms with Crippen LogP contribution in [0.3, 0.4) is 0 Å². The minimum atomic E-state index is -0.186. The second kappa shape index (κ2) is 5.76. The van der Waals surface area contributed by atoms with Crippen LogP contribution in [0, 0.1) is 0 Å². The van der Waals surface area contributed by atoms with Gasteiger partial charge in [0.1, 0.15) is 11.8 Å². The summed E-state index contributed by atoms with van der Waals surface area (Å²) in [4.78, 5) is 27.5. The van der Waals surface area contributed by atoms with Gasteiger partial charge in [0.15, 0.2) is 0 Å². The number of nitrogens with zero attached hydrogens (tertiary/aromatic N) is 2. The number of imide groups is 1. The fourth-order valence-electron chi connectivity index (χ4n) is 3.16. The quantitative estimate of drug-likeness (QED) is 0.779. The fourth-order valence-corrected chi connectivity index (χ4v) is 3.16. The van der Waals surface area contributed by atoms with Crippen LogP contribution in [-0.2, 0) is 11.2 Å². The van der Waals surface area contributed by atoms with E-state index in [2.05, 4.69) is 0 Å². The fraction of sp³-hybridized carbons (Fsp3) is 0.500. The zero-order valence-electron chi connectivity index (χ0n) is 12.2. The SMILES string of the molecule is COc1cccc(CCCN2C(=O)C3CCCN3C2=O)c1. The van der Waals surface area contributed by atoms with Crippen molar-refractivity contribution in [2.75, 3.05) is 20.2 Å². The lowest BCUT2D eigenvalue weighted by molar-refractivity contribution is -0.128. The summed E-state index contributed by atoms with van der Waals surface area (Å²) in [5, 5.41) is 0. The molecule has 0 radical (unpaired) electrons. The van der Waals surface area contributed by atoms with E-state index in [1.807, 2.05) is 24.3 Å². The van der Waals surface area contributed by atoms with Gasteiger partial charge in [-0.25, -0.2) is 4.79 Å². The molecule has 3 rings (SSSR count). The van der Waals surface area contributed by atoms with Gasteiger partial charge in [0.05, 0.1) is 7.11 Å². The standard InChI is InChI=1S/C16H20N2O3/c1-21-13-7-2-5-12(11-13)6-3-10-18-15(19)14-8-4-9-17(14)16(18)20/h2,5,7,11,14H,3-4,6,8-10H2,1H3. The van der Waals surface area contributed by atoms with Crippen molar-refractivity contribution in [2.24, 2.45) is 0 Å². The number of benzene rings is 1. The summed E-state index contributed by atoms with van der Waals surface area (Å²) in [5.74, 6) is 0.824. The first-order chi connectivity index (χ1) is 10.2. The van der Waals surface area contributed by atoms with E-state index in [0.717, 1.165) is 43.5 Å². The molecule has 0 aromatic heterocycles. The summed E-state index contributed by atoms with van der Waals surface area (Å²) in [6.45, 7) is 1.23. The molecule has 5 heteroatoms. The molecule has 0 spiro atoms. The molecular weight excluding hydrogens is 268 g/mol. The number of amides is 3. The number of rotatable bonds is 5. The van der Waals surface area contributed by atoms with Crippen LogP contribution in [0.2, 0.25) is 0 Å². The number of ether oxygens (including phenoxy) is 1. The minimum Gasteiger partial charge on any atom is -0.497 e. The molecule has 0 N–H and O–H groups in total. The molecule has 2 fully saturated rings. The molecule has 0 bridgehead atoms. The minimum absolute atomic E-state index is 0.0110. The molecule has 0 aliphatic carbocycles. The Bertz CT molecular complexity index is 536. The number of fused-ring (bicyclic) bond motifs is 1. The van der Waals surface area contributed by atoms with Crippen molar-refractivity contribution in [3.05, 3.63) is 29.8 Å². The van der Waals surface area contributed by atoms with E-state index in [4.69, 9.17) is 4.74 Å². The molecule has 2 heterocycles. The van der Waals surface area contributed by atoms with Gasteiger partial charge in [-0.1, -0.05) is 12.1 Å². The molecule has 21 heavy (non-hydrogen) atoms. The third-order valence-corrected chi connectivity index (χ3v) is 4.26. The van der Waals surface area contributed by atoms with Crippen LogP contribution in [0.4, 0.5) is 4.79 Å². The summed E-state index contributed by atoms with van der Waals surface area (Å²) >= 11 is 0. The van der Waals surface area contributed by atoms with E-state index in [9.17, 15) is 9.59 Å². The van der Waals surface area contributed by atoms with Gasteiger partial charge in [0, 0.05) is 13.1 Å². The molecule has 2 saturated heterocycles. The van der Waals surface area contributed by atoms with Crippen molar-refractivity contribution >= 4 is 11.9 Å². The maximum atomic E-state index is 12.2. The van der Waals surface area contributed by atoms with Gasteiger partial charge in [-0.2, -0.15) is 0 Å². The van der Waals surface area contributed by atoms with Crippen molar-refractivity contribution in [3.8, 4) is 5.75 Å². The predicted octanol–water partition coefficient (Wildman–Crippen LogP) is 2.05. The number of methoxy groups -OCH3 is 1. The highest BCUT2D eigenvalue weighted by Crippen LogP contribution is 2.27. The molecule has 112 valence electrons. The van der Waals surface area contributed by atoms with Crippen molar-refractivity contribution in [1.82, 2.24) is 9.80 Å². The number of urea groups is 1. The first-order valence-corrected chi connectivity index (χ1v) is 7.45. The topological polar surface area (TPSA) is 49.9 Å². The lowest BCUT2D eigenvalue weighted by Gasteiger charge is -2.15. The Kier molecular flexibility index (Phi) is 3.82. The molecule has 0 saturated carbocycles. The van der Waals surface area contributed by atoms with Gasteiger partial charge in [0.2, 0.25) is 0 Å². The molecule has 1 aromatic carbocycles. The molecule has 5 nitrogen and oxygen atoms in total. The van der Waals surface area contributed by atoms with Gasteiger partial charge in [-0.05, 0) is 43.4 Å². The molecule has 2 aliphatic rings. The van der Waals surface area contributed by atoms with Crippen molar-refractivity contribution < 1.29 is 14.3 Å². The molecule has 1 unspecified atom stereocenters. The first kappa shape index (κ1) is 13.9. The molecule has 3 amide bonds. The molecule has 1 aromatic rings. The van der Waals surface area contributed by atoms with E-state index in [1.165, 1.54) is 4.90 Å². The second-order valence-electron chi connectivity index (χ2n) is 5.58. The molecule has 1 atom stereocenters. The second-order valence-corrected chi connectivity index (χ2v) is 5.58. The normalized spacial score (nSPS) is 21.1. The highest BCUT2D eigenvalue weighted by molar-refractivity contribution is 6.04. The van der Waals surface area contributed by atoms with E-state index in [0.29, 0.717) is 6.54 Å². The zero-order valence-corrected chi connectivity index (χ0v) is 12.2. The Hall–Kier alpha value is -2.04. The molecule has 2 aliphatic heterocycles. The summed E-state index contributed by atoms with van der Waals surface area (Å²) < 4.78 is 5.19.